The van der Waals surface area contributed by atoms with Gasteiger partial charge in [0.15, 0.2) is 6.61 Å². The lowest BCUT2D eigenvalue weighted by atomic mass is 10.1. The summed E-state index contributed by atoms with van der Waals surface area (Å²) in [5.74, 6) is -1.58. The van der Waals surface area contributed by atoms with Crippen LogP contribution in [0.2, 0.25) is 0 Å². The molecule has 0 saturated heterocycles. The average molecular weight is 385 g/mol. The van der Waals surface area contributed by atoms with E-state index in [4.69, 9.17) is 10.2 Å². The number of nitrogens with one attached hydrogen (secondary N) is 2. The normalized spacial score (nSPS) is 10.9. The molecule has 1 heterocycles. The van der Waals surface area contributed by atoms with Gasteiger partial charge in [-0.25, -0.2) is 9.59 Å². The largest absolute Gasteiger partial charge is 0.467 e. The minimum Gasteiger partial charge on any atom is -0.467 e. The number of carbonyl (C=O) groups is 3. The molecule has 0 aliphatic carbocycles. The first-order valence-corrected chi connectivity index (χ1v) is 7.40. The molecule has 11 heteroatoms. The first kappa shape index (κ1) is 19.8. The maximum atomic E-state index is 12.6. The van der Waals surface area contributed by atoms with Crippen LogP contribution in [0.1, 0.15) is 21.7 Å². The molecule has 3 amide bonds. The van der Waals surface area contributed by atoms with E-state index in [9.17, 15) is 27.6 Å². The molecule has 2 rings (SSSR count). The van der Waals surface area contributed by atoms with Crippen LogP contribution in [-0.2, 0) is 22.3 Å². The van der Waals surface area contributed by atoms with E-state index in [0.717, 1.165) is 6.07 Å². The number of furan rings is 1. The molecule has 8 nitrogen and oxygen atoms in total. The molecular formula is C16H14F3N3O5. The fourth-order valence-corrected chi connectivity index (χ4v) is 1.92. The van der Waals surface area contributed by atoms with E-state index in [1.807, 2.05) is 5.32 Å². The van der Waals surface area contributed by atoms with Crippen molar-refractivity contribution in [2.24, 2.45) is 0 Å². The second-order valence-corrected chi connectivity index (χ2v) is 5.19. The smallest absolute Gasteiger partial charge is 0.416 e. The molecule has 0 fully saturated rings. The first-order chi connectivity index (χ1) is 12.7. The van der Waals surface area contributed by atoms with Gasteiger partial charge in [-0.3, -0.25) is 10.1 Å². The van der Waals surface area contributed by atoms with Gasteiger partial charge in [0.05, 0.1) is 23.9 Å². The van der Waals surface area contributed by atoms with Crippen LogP contribution in [-0.4, -0.2) is 24.5 Å². The van der Waals surface area contributed by atoms with E-state index >= 15 is 0 Å². The third-order valence-corrected chi connectivity index (χ3v) is 3.19. The lowest BCUT2D eigenvalue weighted by molar-refractivity contribution is -0.137. The van der Waals surface area contributed by atoms with Crippen LogP contribution in [0.5, 0.6) is 0 Å². The van der Waals surface area contributed by atoms with Crippen LogP contribution >= 0.6 is 0 Å². The fraction of sp³-hybridized carbons (Fsp3) is 0.188. The zero-order valence-electron chi connectivity index (χ0n) is 13.6. The van der Waals surface area contributed by atoms with E-state index in [-0.39, 0.29) is 12.1 Å². The maximum absolute atomic E-state index is 12.6. The quantitative estimate of drug-likeness (QED) is 0.535. The predicted octanol–water partition coefficient (Wildman–Crippen LogP) is 2.06. The highest BCUT2D eigenvalue weighted by Crippen LogP contribution is 2.31. The summed E-state index contributed by atoms with van der Waals surface area (Å²) < 4.78 is 47.3. The van der Waals surface area contributed by atoms with Crippen molar-refractivity contribution in [3.8, 4) is 0 Å². The number of hydrogen-bond donors (Lipinski definition) is 3. The van der Waals surface area contributed by atoms with Crippen molar-refractivity contribution in [1.29, 1.82) is 0 Å². The Kier molecular flexibility index (Phi) is 6.06. The van der Waals surface area contributed by atoms with Gasteiger partial charge in [0.2, 0.25) is 0 Å². The van der Waals surface area contributed by atoms with E-state index < -0.39 is 41.9 Å². The van der Waals surface area contributed by atoms with Crippen molar-refractivity contribution >= 4 is 23.6 Å². The zero-order valence-corrected chi connectivity index (χ0v) is 13.6. The number of amides is 3. The van der Waals surface area contributed by atoms with E-state index in [0.29, 0.717) is 17.9 Å². The number of alkyl halides is 3. The predicted molar refractivity (Wildman–Crippen MR) is 85.2 cm³/mol. The van der Waals surface area contributed by atoms with Crippen molar-refractivity contribution in [2.75, 3.05) is 12.3 Å². The number of halogens is 3. The van der Waals surface area contributed by atoms with Crippen LogP contribution in [0.3, 0.4) is 0 Å². The van der Waals surface area contributed by atoms with Gasteiger partial charge in [-0.1, -0.05) is 0 Å². The number of urea groups is 1. The van der Waals surface area contributed by atoms with E-state index in [1.54, 1.807) is 12.1 Å². The summed E-state index contributed by atoms with van der Waals surface area (Å²) in [7, 11) is 0. The molecule has 0 bridgehead atoms. The summed E-state index contributed by atoms with van der Waals surface area (Å²) in [6.45, 7) is -0.790. The number of anilines is 1. The van der Waals surface area contributed by atoms with Crippen molar-refractivity contribution in [2.45, 2.75) is 12.7 Å². The molecule has 1 aromatic heterocycles. The first-order valence-electron chi connectivity index (χ1n) is 7.40. The topological polar surface area (TPSA) is 124 Å². The monoisotopic (exact) mass is 385 g/mol. The summed E-state index contributed by atoms with van der Waals surface area (Å²) in [6.07, 6.45) is -3.20. The number of carbonyl (C=O) groups excluding carboxylic acids is 3. The summed E-state index contributed by atoms with van der Waals surface area (Å²) in [6, 6.07) is 4.47. The Morgan fingerprint density at radius 1 is 1.19 bits per heavy atom. The number of esters is 1. The number of nitrogens with two attached hydrogens (primary N) is 1. The fourth-order valence-electron chi connectivity index (χ4n) is 1.92. The SMILES string of the molecule is Nc1cc(C(F)(F)F)ccc1C(=O)OCC(=O)NC(=O)NCc1ccco1. The number of rotatable bonds is 5. The molecule has 0 saturated carbocycles. The lowest BCUT2D eigenvalue weighted by Gasteiger charge is -2.11. The van der Waals surface area contributed by atoms with Crippen LogP contribution in [0.15, 0.2) is 41.0 Å². The van der Waals surface area contributed by atoms with Crippen LogP contribution in [0.4, 0.5) is 23.7 Å². The Bertz CT molecular complexity index is 834. The highest BCUT2D eigenvalue weighted by molar-refractivity contribution is 5.98. The van der Waals surface area contributed by atoms with Crippen LogP contribution in [0.25, 0.3) is 0 Å². The summed E-state index contributed by atoms with van der Waals surface area (Å²) in [5.41, 5.74) is 3.60. The highest BCUT2D eigenvalue weighted by Gasteiger charge is 2.31. The van der Waals surface area contributed by atoms with Crippen molar-refractivity contribution in [3.05, 3.63) is 53.5 Å². The molecule has 0 unspecified atom stereocenters. The zero-order chi connectivity index (χ0) is 20.0. The van der Waals surface area contributed by atoms with Crippen molar-refractivity contribution < 1.29 is 36.7 Å². The molecule has 1 aromatic carbocycles. The maximum Gasteiger partial charge on any atom is 0.416 e. The average Bonchev–Trinajstić information content (AvgIpc) is 3.10. The Hall–Kier alpha value is -3.50. The highest BCUT2D eigenvalue weighted by atomic mass is 19.4. The number of imide groups is 1. The molecule has 0 atom stereocenters. The lowest BCUT2D eigenvalue weighted by Crippen LogP contribution is -2.41. The molecule has 27 heavy (non-hydrogen) atoms. The van der Waals surface area contributed by atoms with Crippen LogP contribution in [0, 0.1) is 0 Å². The number of ether oxygens (including phenoxy) is 1. The van der Waals surface area contributed by atoms with Gasteiger partial charge in [-0.05, 0) is 30.3 Å². The number of benzene rings is 1. The Morgan fingerprint density at radius 2 is 1.93 bits per heavy atom. The van der Waals surface area contributed by atoms with Crippen LogP contribution < -0.4 is 16.4 Å². The summed E-state index contributed by atoms with van der Waals surface area (Å²) in [4.78, 5) is 34.9. The van der Waals surface area contributed by atoms with Crippen molar-refractivity contribution in [3.63, 3.8) is 0 Å². The van der Waals surface area contributed by atoms with Gasteiger partial charge < -0.3 is 20.2 Å². The molecule has 4 N–H and O–H groups in total. The molecular weight excluding hydrogens is 371 g/mol. The third-order valence-electron chi connectivity index (χ3n) is 3.19. The second-order valence-electron chi connectivity index (χ2n) is 5.19. The van der Waals surface area contributed by atoms with Gasteiger partial charge in [-0.15, -0.1) is 0 Å². The van der Waals surface area contributed by atoms with E-state index in [2.05, 4.69) is 10.1 Å². The van der Waals surface area contributed by atoms with Gasteiger partial charge >= 0.3 is 18.2 Å². The molecule has 0 aliphatic rings. The van der Waals surface area contributed by atoms with Gasteiger partial charge in [0.25, 0.3) is 5.91 Å². The molecule has 144 valence electrons. The second kappa shape index (κ2) is 8.25. The summed E-state index contributed by atoms with van der Waals surface area (Å²) in [5, 5.41) is 4.24. The minimum absolute atomic E-state index is 0.0357. The van der Waals surface area contributed by atoms with E-state index in [1.165, 1.54) is 6.26 Å². The van der Waals surface area contributed by atoms with Gasteiger partial charge in [0, 0.05) is 5.69 Å². The standard InChI is InChI=1S/C16H14F3N3O5/c17-16(18,19)9-3-4-11(12(20)6-9)14(24)27-8-13(23)22-15(25)21-7-10-2-1-5-26-10/h1-6H,7-8,20H2,(H2,21,22,23,25). The summed E-state index contributed by atoms with van der Waals surface area (Å²) >= 11 is 0. The molecule has 0 spiro atoms. The molecule has 0 radical (unpaired) electrons. The third kappa shape index (κ3) is 5.76. The number of hydrogen-bond acceptors (Lipinski definition) is 6. The minimum atomic E-state index is -4.61. The Labute approximate surface area is 150 Å². The number of nitrogen functional groups attached to an aromatic ring is 1. The van der Waals surface area contributed by atoms with Gasteiger partial charge in [-0.2, -0.15) is 13.2 Å². The molecule has 0 aliphatic heterocycles. The molecule has 2 aromatic rings. The van der Waals surface area contributed by atoms with Gasteiger partial charge in [0.1, 0.15) is 5.76 Å². The van der Waals surface area contributed by atoms with Crippen molar-refractivity contribution in [1.82, 2.24) is 10.6 Å². The Morgan fingerprint density at radius 3 is 2.52 bits per heavy atom. The Balaban J connectivity index is 1.82.